The number of hydrogen-bond donors (Lipinski definition) is 1. The first-order chi connectivity index (χ1) is 10.1. The minimum atomic E-state index is -0.355. The van der Waals surface area contributed by atoms with Gasteiger partial charge in [-0.2, -0.15) is 0 Å². The van der Waals surface area contributed by atoms with Crippen LogP contribution in [0.5, 0.6) is 0 Å². The Kier molecular flexibility index (Phi) is 4.02. The lowest BCUT2D eigenvalue weighted by molar-refractivity contribution is -0.150. The maximum Gasteiger partial charge on any atom is 0.246 e. The molecule has 1 aliphatic carbocycles. The van der Waals surface area contributed by atoms with Crippen molar-refractivity contribution >= 4 is 27.7 Å². The van der Waals surface area contributed by atoms with Crippen LogP contribution in [0.3, 0.4) is 0 Å². The summed E-state index contributed by atoms with van der Waals surface area (Å²) in [6, 6.07) is 7.23. The first kappa shape index (κ1) is 14.6. The van der Waals surface area contributed by atoms with Gasteiger partial charge in [-0.05, 0) is 42.9 Å². The van der Waals surface area contributed by atoms with Crippen LogP contribution in [0, 0.1) is 5.92 Å². The van der Waals surface area contributed by atoms with E-state index in [0.29, 0.717) is 18.9 Å². The number of carbonyl (C=O) groups excluding carboxylic acids is 2. The van der Waals surface area contributed by atoms with E-state index in [0.717, 1.165) is 22.9 Å². The fourth-order valence-corrected chi connectivity index (χ4v) is 3.41. The molecule has 0 bridgehead atoms. The lowest BCUT2D eigenvalue weighted by atomic mass is 10.0. The number of amides is 2. The number of nitrogens with zero attached hydrogens (tertiary/aromatic N) is 1. The zero-order valence-electron chi connectivity index (χ0n) is 12.0. The van der Waals surface area contributed by atoms with Crippen LogP contribution in [0.15, 0.2) is 28.7 Å². The lowest BCUT2D eigenvalue weighted by Crippen LogP contribution is -2.63. The molecule has 4 nitrogen and oxygen atoms in total. The van der Waals surface area contributed by atoms with Gasteiger partial charge in [-0.1, -0.05) is 35.0 Å². The van der Waals surface area contributed by atoms with Gasteiger partial charge in [0.25, 0.3) is 0 Å². The molecule has 1 N–H and O–H groups in total. The van der Waals surface area contributed by atoms with Gasteiger partial charge in [-0.25, -0.2) is 0 Å². The SMILES string of the molecule is CCC1C(=O)NC(C2CC2)C(=O)N1Cc1cccc(Br)c1. The second-order valence-electron chi connectivity index (χ2n) is 5.84. The van der Waals surface area contributed by atoms with Crippen LogP contribution in [0.4, 0.5) is 0 Å². The molecule has 1 saturated heterocycles. The van der Waals surface area contributed by atoms with Gasteiger partial charge in [0.1, 0.15) is 12.1 Å². The van der Waals surface area contributed by atoms with E-state index >= 15 is 0 Å². The molecular weight excluding hydrogens is 332 g/mol. The summed E-state index contributed by atoms with van der Waals surface area (Å²) >= 11 is 3.45. The number of piperazine rings is 1. The monoisotopic (exact) mass is 350 g/mol. The van der Waals surface area contributed by atoms with Crippen LogP contribution in [-0.4, -0.2) is 28.8 Å². The fraction of sp³-hybridized carbons (Fsp3) is 0.500. The van der Waals surface area contributed by atoms with Gasteiger partial charge in [0.2, 0.25) is 11.8 Å². The molecule has 112 valence electrons. The summed E-state index contributed by atoms with van der Waals surface area (Å²) in [5, 5.41) is 2.92. The van der Waals surface area contributed by atoms with E-state index in [1.165, 1.54) is 0 Å². The van der Waals surface area contributed by atoms with Crippen LogP contribution in [-0.2, 0) is 16.1 Å². The van der Waals surface area contributed by atoms with Crippen LogP contribution in [0.2, 0.25) is 0 Å². The molecule has 0 aromatic heterocycles. The summed E-state index contributed by atoms with van der Waals surface area (Å²) in [5.74, 6) is 0.400. The van der Waals surface area contributed by atoms with Gasteiger partial charge in [-0.3, -0.25) is 9.59 Å². The number of hydrogen-bond acceptors (Lipinski definition) is 2. The maximum absolute atomic E-state index is 12.7. The Balaban J connectivity index is 1.84. The molecule has 2 atom stereocenters. The third kappa shape index (κ3) is 2.98. The normalized spacial score (nSPS) is 25.9. The molecule has 1 aromatic rings. The highest BCUT2D eigenvalue weighted by Gasteiger charge is 2.46. The Hall–Kier alpha value is -1.36. The highest BCUT2D eigenvalue weighted by atomic mass is 79.9. The van der Waals surface area contributed by atoms with Crippen molar-refractivity contribution in [2.75, 3.05) is 0 Å². The van der Waals surface area contributed by atoms with Crippen LogP contribution in [0.25, 0.3) is 0 Å². The minimum Gasteiger partial charge on any atom is -0.342 e. The van der Waals surface area contributed by atoms with Crippen molar-refractivity contribution < 1.29 is 9.59 Å². The number of carbonyl (C=O) groups is 2. The topological polar surface area (TPSA) is 49.4 Å². The number of rotatable bonds is 4. The largest absolute Gasteiger partial charge is 0.342 e. The van der Waals surface area contributed by atoms with Crippen molar-refractivity contribution in [1.29, 1.82) is 0 Å². The summed E-state index contributed by atoms with van der Waals surface area (Å²) in [6.07, 6.45) is 2.72. The predicted octanol–water partition coefficient (Wildman–Crippen LogP) is 2.46. The summed E-state index contributed by atoms with van der Waals surface area (Å²) in [5.41, 5.74) is 1.04. The smallest absolute Gasteiger partial charge is 0.246 e. The molecule has 0 radical (unpaired) electrons. The Morgan fingerprint density at radius 2 is 2.10 bits per heavy atom. The first-order valence-electron chi connectivity index (χ1n) is 7.45. The standard InChI is InChI=1S/C16H19BrN2O2/c1-2-13-15(20)18-14(11-6-7-11)16(21)19(13)9-10-4-3-5-12(17)8-10/h3-5,8,11,13-14H,2,6-7,9H2,1H3,(H,18,20). The van der Waals surface area contributed by atoms with Gasteiger partial charge in [-0.15, -0.1) is 0 Å². The quantitative estimate of drug-likeness (QED) is 0.906. The molecule has 0 spiro atoms. The van der Waals surface area contributed by atoms with Crippen molar-refractivity contribution in [2.45, 2.75) is 44.8 Å². The Morgan fingerprint density at radius 1 is 1.33 bits per heavy atom. The molecule has 2 amide bonds. The van der Waals surface area contributed by atoms with Gasteiger partial charge < -0.3 is 10.2 Å². The van der Waals surface area contributed by atoms with E-state index in [1.807, 2.05) is 31.2 Å². The van der Waals surface area contributed by atoms with Gasteiger partial charge in [0.15, 0.2) is 0 Å². The molecule has 1 aliphatic heterocycles. The van der Waals surface area contributed by atoms with Crippen molar-refractivity contribution in [1.82, 2.24) is 10.2 Å². The molecule has 3 rings (SSSR count). The van der Waals surface area contributed by atoms with E-state index in [-0.39, 0.29) is 23.9 Å². The molecule has 1 saturated carbocycles. The van der Waals surface area contributed by atoms with E-state index < -0.39 is 0 Å². The third-order valence-electron chi connectivity index (χ3n) is 4.25. The van der Waals surface area contributed by atoms with Crippen molar-refractivity contribution in [3.63, 3.8) is 0 Å². The van der Waals surface area contributed by atoms with E-state index in [1.54, 1.807) is 4.90 Å². The zero-order valence-corrected chi connectivity index (χ0v) is 13.6. The average Bonchev–Trinajstić information content (AvgIpc) is 3.27. The van der Waals surface area contributed by atoms with Gasteiger partial charge >= 0.3 is 0 Å². The molecular formula is C16H19BrN2O2. The maximum atomic E-state index is 12.7. The average molecular weight is 351 g/mol. The molecule has 2 fully saturated rings. The first-order valence-corrected chi connectivity index (χ1v) is 8.24. The number of benzene rings is 1. The van der Waals surface area contributed by atoms with E-state index in [2.05, 4.69) is 21.2 Å². The molecule has 1 heterocycles. The third-order valence-corrected chi connectivity index (χ3v) is 4.74. The molecule has 2 unspecified atom stereocenters. The molecule has 1 aromatic carbocycles. The van der Waals surface area contributed by atoms with Crippen molar-refractivity contribution in [3.8, 4) is 0 Å². The van der Waals surface area contributed by atoms with Crippen LogP contribution in [0.1, 0.15) is 31.7 Å². The summed E-state index contributed by atoms with van der Waals surface area (Å²) in [7, 11) is 0. The van der Waals surface area contributed by atoms with Gasteiger partial charge in [0.05, 0.1) is 0 Å². The van der Waals surface area contributed by atoms with Crippen LogP contribution < -0.4 is 5.32 Å². The van der Waals surface area contributed by atoms with Crippen molar-refractivity contribution in [2.24, 2.45) is 5.92 Å². The molecule has 2 aliphatic rings. The minimum absolute atomic E-state index is 0.0102. The van der Waals surface area contributed by atoms with E-state index in [4.69, 9.17) is 0 Å². The Labute approximate surface area is 133 Å². The fourth-order valence-electron chi connectivity index (χ4n) is 2.96. The van der Waals surface area contributed by atoms with Crippen molar-refractivity contribution in [3.05, 3.63) is 34.3 Å². The van der Waals surface area contributed by atoms with E-state index in [9.17, 15) is 9.59 Å². The summed E-state index contributed by atoms with van der Waals surface area (Å²) in [6.45, 7) is 2.44. The predicted molar refractivity (Wildman–Crippen MR) is 83.4 cm³/mol. The summed E-state index contributed by atoms with van der Waals surface area (Å²) < 4.78 is 0.987. The zero-order chi connectivity index (χ0) is 15.0. The highest BCUT2D eigenvalue weighted by Crippen LogP contribution is 2.35. The Morgan fingerprint density at radius 3 is 2.71 bits per heavy atom. The summed E-state index contributed by atoms with van der Waals surface area (Å²) in [4.78, 5) is 26.7. The highest BCUT2D eigenvalue weighted by molar-refractivity contribution is 9.10. The lowest BCUT2D eigenvalue weighted by Gasteiger charge is -2.39. The number of nitrogens with one attached hydrogen (secondary N) is 1. The Bertz CT molecular complexity index is 571. The van der Waals surface area contributed by atoms with Gasteiger partial charge in [0, 0.05) is 11.0 Å². The second-order valence-corrected chi connectivity index (χ2v) is 6.76. The molecule has 21 heavy (non-hydrogen) atoms. The number of halogens is 1. The second kappa shape index (κ2) is 5.79. The van der Waals surface area contributed by atoms with Crippen LogP contribution >= 0.6 is 15.9 Å². The molecule has 5 heteroatoms.